The number of rotatable bonds is 8. The van der Waals surface area contributed by atoms with E-state index in [-0.39, 0.29) is 18.0 Å². The average molecular weight is 313 g/mol. The van der Waals surface area contributed by atoms with E-state index in [4.69, 9.17) is 15.2 Å². The van der Waals surface area contributed by atoms with Gasteiger partial charge in [0.05, 0.1) is 19.8 Å². The van der Waals surface area contributed by atoms with E-state index in [1.807, 2.05) is 0 Å². The van der Waals surface area contributed by atoms with Gasteiger partial charge in [0.25, 0.3) is 0 Å². The Kier molecular flexibility index (Phi) is 5.18. The van der Waals surface area contributed by atoms with E-state index in [1.54, 1.807) is 25.3 Å². The van der Waals surface area contributed by atoms with Gasteiger partial charge in [0, 0.05) is 36.4 Å². The molecule has 0 fully saturated rings. The molecule has 0 amide bonds. The Bertz CT molecular complexity index is 697. The number of aromatic nitrogens is 1. The smallest absolute Gasteiger partial charge is 0.242 e. The van der Waals surface area contributed by atoms with Gasteiger partial charge in [-0.2, -0.15) is 0 Å². The third kappa shape index (κ3) is 3.94. The number of fused-ring (bicyclic) bond motifs is 1. The van der Waals surface area contributed by atoms with Crippen molar-refractivity contribution in [1.82, 2.24) is 9.71 Å². The first kappa shape index (κ1) is 15.8. The highest BCUT2D eigenvalue weighted by Gasteiger charge is 2.18. The topological polar surface area (TPSA) is 106 Å². The Labute approximate surface area is 123 Å². The number of methoxy groups -OCH3 is 1. The lowest BCUT2D eigenvalue weighted by atomic mass is 10.2. The maximum atomic E-state index is 12.2. The van der Waals surface area contributed by atoms with Crippen molar-refractivity contribution in [2.75, 3.05) is 39.2 Å². The Balaban J connectivity index is 2.01. The van der Waals surface area contributed by atoms with E-state index in [0.29, 0.717) is 29.8 Å². The van der Waals surface area contributed by atoms with Gasteiger partial charge in [-0.25, -0.2) is 13.1 Å². The van der Waals surface area contributed by atoms with Gasteiger partial charge in [0.15, 0.2) is 0 Å². The van der Waals surface area contributed by atoms with Gasteiger partial charge in [-0.05, 0) is 18.2 Å². The third-order valence-corrected chi connectivity index (χ3v) is 4.43. The van der Waals surface area contributed by atoms with Crippen molar-refractivity contribution >= 4 is 26.6 Å². The predicted molar refractivity (Wildman–Crippen MR) is 80.6 cm³/mol. The molecule has 8 heteroatoms. The van der Waals surface area contributed by atoms with Gasteiger partial charge in [-0.1, -0.05) is 0 Å². The number of hydrogen-bond donors (Lipinski definition) is 3. The van der Waals surface area contributed by atoms with Crippen molar-refractivity contribution in [2.24, 2.45) is 0 Å². The van der Waals surface area contributed by atoms with Gasteiger partial charge in [0.1, 0.15) is 4.90 Å². The molecule has 0 unspecified atom stereocenters. The van der Waals surface area contributed by atoms with Crippen LogP contribution in [0, 0.1) is 0 Å². The lowest BCUT2D eigenvalue weighted by Crippen LogP contribution is -2.27. The van der Waals surface area contributed by atoms with Crippen LogP contribution in [0.4, 0.5) is 5.69 Å². The van der Waals surface area contributed by atoms with Crippen LogP contribution < -0.4 is 10.5 Å². The molecule has 1 heterocycles. The van der Waals surface area contributed by atoms with Crippen LogP contribution in [0.2, 0.25) is 0 Å². The van der Waals surface area contributed by atoms with Crippen LogP contribution in [0.1, 0.15) is 0 Å². The zero-order valence-electron chi connectivity index (χ0n) is 11.8. The SMILES string of the molecule is COCCOCCNS(=O)(=O)c1c[nH]c2cc(N)ccc12. The molecule has 0 aliphatic rings. The van der Waals surface area contributed by atoms with E-state index in [1.165, 1.54) is 6.20 Å². The first-order chi connectivity index (χ1) is 10.0. The normalized spacial score (nSPS) is 12.0. The Hall–Kier alpha value is -1.61. The molecule has 0 spiro atoms. The lowest BCUT2D eigenvalue weighted by molar-refractivity contribution is 0.0736. The molecule has 2 aromatic rings. The first-order valence-electron chi connectivity index (χ1n) is 6.47. The molecular weight excluding hydrogens is 294 g/mol. The summed E-state index contributed by atoms with van der Waals surface area (Å²) in [7, 11) is -2.00. The zero-order chi connectivity index (χ0) is 15.3. The van der Waals surface area contributed by atoms with Gasteiger partial charge in [-0.3, -0.25) is 0 Å². The lowest BCUT2D eigenvalue weighted by Gasteiger charge is -2.06. The van der Waals surface area contributed by atoms with Gasteiger partial charge in [-0.15, -0.1) is 0 Å². The van der Waals surface area contributed by atoms with Crippen LogP contribution in [-0.2, 0) is 19.5 Å². The molecule has 116 valence electrons. The molecule has 0 aliphatic heterocycles. The van der Waals surface area contributed by atoms with Gasteiger partial charge in [0.2, 0.25) is 10.0 Å². The van der Waals surface area contributed by atoms with Crippen molar-refractivity contribution < 1.29 is 17.9 Å². The molecule has 1 aromatic carbocycles. The molecular formula is C13H19N3O4S. The standard InChI is InChI=1S/C13H19N3O4S/c1-19-6-7-20-5-4-16-21(17,18)13-9-15-12-8-10(14)2-3-11(12)13/h2-3,8-9,15-16H,4-7,14H2,1H3. The number of hydrogen-bond acceptors (Lipinski definition) is 5. The number of sulfonamides is 1. The number of nitrogen functional groups attached to an aromatic ring is 1. The molecule has 2 rings (SSSR count). The molecule has 0 aliphatic carbocycles. The number of anilines is 1. The predicted octanol–water partition coefficient (Wildman–Crippen LogP) is 0.691. The van der Waals surface area contributed by atoms with Crippen LogP contribution in [0.3, 0.4) is 0 Å². The number of aromatic amines is 1. The molecule has 4 N–H and O–H groups in total. The van der Waals surface area contributed by atoms with Crippen molar-refractivity contribution in [3.8, 4) is 0 Å². The summed E-state index contributed by atoms with van der Waals surface area (Å²) < 4.78 is 37.0. The summed E-state index contributed by atoms with van der Waals surface area (Å²) in [5.74, 6) is 0. The van der Waals surface area contributed by atoms with Crippen LogP contribution in [0.5, 0.6) is 0 Å². The highest BCUT2D eigenvalue weighted by atomic mass is 32.2. The fraction of sp³-hybridized carbons (Fsp3) is 0.385. The first-order valence-corrected chi connectivity index (χ1v) is 7.96. The highest BCUT2D eigenvalue weighted by molar-refractivity contribution is 7.89. The Morgan fingerprint density at radius 1 is 1.29 bits per heavy atom. The van der Waals surface area contributed by atoms with Gasteiger partial charge >= 0.3 is 0 Å². The minimum Gasteiger partial charge on any atom is -0.399 e. The monoisotopic (exact) mass is 313 g/mol. The Morgan fingerprint density at radius 2 is 2.10 bits per heavy atom. The molecule has 0 bridgehead atoms. The maximum absolute atomic E-state index is 12.2. The fourth-order valence-electron chi connectivity index (χ4n) is 1.91. The van der Waals surface area contributed by atoms with E-state index in [9.17, 15) is 8.42 Å². The van der Waals surface area contributed by atoms with Crippen LogP contribution >= 0.6 is 0 Å². The molecule has 0 saturated carbocycles. The maximum Gasteiger partial charge on any atom is 0.242 e. The van der Waals surface area contributed by atoms with Crippen LogP contribution in [-0.4, -0.2) is 46.9 Å². The molecule has 0 atom stereocenters. The van der Waals surface area contributed by atoms with E-state index >= 15 is 0 Å². The summed E-state index contributed by atoms with van der Waals surface area (Å²) in [5.41, 5.74) is 6.93. The molecule has 7 nitrogen and oxygen atoms in total. The number of nitrogens with one attached hydrogen (secondary N) is 2. The molecule has 1 aromatic heterocycles. The molecule has 0 radical (unpaired) electrons. The number of benzene rings is 1. The van der Waals surface area contributed by atoms with Crippen molar-refractivity contribution in [1.29, 1.82) is 0 Å². The second kappa shape index (κ2) is 6.90. The van der Waals surface area contributed by atoms with E-state index in [2.05, 4.69) is 9.71 Å². The number of nitrogens with two attached hydrogens (primary N) is 1. The minimum atomic E-state index is -3.58. The summed E-state index contributed by atoms with van der Waals surface area (Å²) in [5, 5.41) is 0.608. The van der Waals surface area contributed by atoms with Crippen molar-refractivity contribution in [2.45, 2.75) is 4.90 Å². The van der Waals surface area contributed by atoms with Crippen LogP contribution in [0.15, 0.2) is 29.3 Å². The van der Waals surface area contributed by atoms with Crippen molar-refractivity contribution in [3.63, 3.8) is 0 Å². The number of ether oxygens (including phenoxy) is 2. The minimum absolute atomic E-state index is 0.202. The summed E-state index contributed by atoms with van der Waals surface area (Å²) in [6, 6.07) is 5.05. The Morgan fingerprint density at radius 3 is 2.86 bits per heavy atom. The second-order valence-electron chi connectivity index (χ2n) is 4.46. The quantitative estimate of drug-likeness (QED) is 0.491. The number of H-pyrrole nitrogens is 1. The van der Waals surface area contributed by atoms with E-state index < -0.39 is 10.0 Å². The van der Waals surface area contributed by atoms with Crippen LogP contribution in [0.25, 0.3) is 10.9 Å². The summed E-state index contributed by atoms with van der Waals surface area (Å²) in [6.07, 6.45) is 1.46. The van der Waals surface area contributed by atoms with Crippen molar-refractivity contribution in [3.05, 3.63) is 24.4 Å². The fourth-order valence-corrected chi connectivity index (χ4v) is 3.10. The second-order valence-corrected chi connectivity index (χ2v) is 6.20. The molecule has 21 heavy (non-hydrogen) atoms. The zero-order valence-corrected chi connectivity index (χ0v) is 12.6. The largest absolute Gasteiger partial charge is 0.399 e. The summed E-state index contributed by atoms with van der Waals surface area (Å²) in [4.78, 5) is 3.11. The third-order valence-electron chi connectivity index (χ3n) is 2.93. The summed E-state index contributed by atoms with van der Waals surface area (Å²) in [6.45, 7) is 1.41. The highest BCUT2D eigenvalue weighted by Crippen LogP contribution is 2.24. The van der Waals surface area contributed by atoms with E-state index in [0.717, 1.165) is 0 Å². The van der Waals surface area contributed by atoms with Gasteiger partial charge < -0.3 is 20.2 Å². The molecule has 0 saturated heterocycles. The average Bonchev–Trinajstić information content (AvgIpc) is 2.86. The summed E-state index contributed by atoms with van der Waals surface area (Å²) >= 11 is 0.